The van der Waals surface area contributed by atoms with E-state index in [2.05, 4.69) is 14.6 Å². The monoisotopic (exact) mass is 338 g/mol. The molecule has 0 aliphatic carbocycles. The summed E-state index contributed by atoms with van der Waals surface area (Å²) in [5.74, 6) is 1.07. The summed E-state index contributed by atoms with van der Waals surface area (Å²) >= 11 is 0. The van der Waals surface area contributed by atoms with E-state index in [9.17, 15) is 8.42 Å². The minimum Gasteiger partial charge on any atom is -0.465 e. The Morgan fingerprint density at radius 1 is 1.30 bits per heavy atom. The number of hydrogen-bond acceptors (Lipinski definition) is 5. The lowest BCUT2D eigenvalue weighted by Gasteiger charge is -2.20. The highest BCUT2D eigenvalue weighted by molar-refractivity contribution is 7.89. The third-order valence-corrected chi connectivity index (χ3v) is 5.93. The van der Waals surface area contributed by atoms with Crippen LogP contribution in [0, 0.1) is 13.8 Å². The Morgan fingerprint density at radius 3 is 2.61 bits per heavy atom. The minimum absolute atomic E-state index is 0.0654. The van der Waals surface area contributed by atoms with Crippen LogP contribution in [-0.4, -0.2) is 49.0 Å². The molecule has 0 bridgehead atoms. The first-order valence-corrected chi connectivity index (χ1v) is 9.00. The van der Waals surface area contributed by atoms with E-state index >= 15 is 0 Å². The Labute approximate surface area is 136 Å². The second-order valence-electron chi connectivity index (χ2n) is 6.26. The highest BCUT2D eigenvalue weighted by Gasteiger charge is 2.37. The molecule has 1 N–H and O–H groups in total. The smallest absolute Gasteiger partial charge is 0.244 e. The first-order chi connectivity index (χ1) is 10.8. The van der Waals surface area contributed by atoms with Crippen LogP contribution in [0.1, 0.15) is 23.1 Å². The van der Waals surface area contributed by atoms with Gasteiger partial charge in [-0.05, 0) is 27.0 Å². The van der Waals surface area contributed by atoms with Crippen molar-refractivity contribution in [2.24, 2.45) is 7.05 Å². The quantitative estimate of drug-likeness (QED) is 0.900. The van der Waals surface area contributed by atoms with Crippen LogP contribution in [0.2, 0.25) is 0 Å². The molecule has 3 heterocycles. The van der Waals surface area contributed by atoms with E-state index in [1.54, 1.807) is 32.4 Å². The van der Waals surface area contributed by atoms with E-state index < -0.39 is 10.0 Å². The molecule has 1 aliphatic heterocycles. The molecule has 7 nitrogen and oxygen atoms in total. The lowest BCUT2D eigenvalue weighted by molar-refractivity contribution is 0.404. The van der Waals surface area contributed by atoms with Crippen molar-refractivity contribution in [3.8, 4) is 0 Å². The summed E-state index contributed by atoms with van der Waals surface area (Å²) in [5, 5.41) is 0. The number of aryl methyl sites for hydroxylation is 3. The molecule has 0 amide bonds. The zero-order valence-electron chi connectivity index (χ0n) is 13.8. The Bertz CT molecular complexity index is 809. The van der Waals surface area contributed by atoms with Gasteiger partial charge >= 0.3 is 0 Å². The van der Waals surface area contributed by atoms with Crippen molar-refractivity contribution < 1.29 is 12.8 Å². The molecular weight excluding hydrogens is 316 g/mol. The molecule has 0 radical (unpaired) electrons. The van der Waals surface area contributed by atoms with Crippen molar-refractivity contribution in [1.82, 2.24) is 19.2 Å². The summed E-state index contributed by atoms with van der Waals surface area (Å²) in [5.41, 5.74) is 1.03. The van der Waals surface area contributed by atoms with Crippen LogP contribution in [0.25, 0.3) is 0 Å². The third-order valence-electron chi connectivity index (χ3n) is 4.33. The van der Waals surface area contributed by atoms with Crippen molar-refractivity contribution in [1.29, 1.82) is 0 Å². The molecule has 2 aromatic rings. The van der Waals surface area contributed by atoms with Gasteiger partial charge in [0.05, 0.1) is 6.33 Å². The maximum Gasteiger partial charge on any atom is 0.244 e. The largest absolute Gasteiger partial charge is 0.465 e. The first-order valence-electron chi connectivity index (χ1n) is 7.52. The van der Waals surface area contributed by atoms with Gasteiger partial charge in [-0.3, -0.25) is 0 Å². The van der Waals surface area contributed by atoms with Gasteiger partial charge in [-0.1, -0.05) is 0 Å². The average Bonchev–Trinajstić information content (AvgIpc) is 3.09. The zero-order valence-corrected chi connectivity index (χ0v) is 14.6. The second kappa shape index (κ2) is 5.77. The predicted molar refractivity (Wildman–Crippen MR) is 85.7 cm³/mol. The van der Waals surface area contributed by atoms with E-state index in [1.165, 1.54) is 0 Å². The standard InChI is InChI=1S/C15H22N4O3S/c1-10-5-15(11(2)22-10)23(20,21)17-13-8-18(3)7-12(13)14-6-16-9-19(14)4/h5-6,9,12-13,17H,7-8H2,1-4H3/t12-,13-/m1/s1. The molecule has 0 aromatic carbocycles. The number of furan rings is 1. The molecule has 2 atom stereocenters. The van der Waals surface area contributed by atoms with Crippen molar-refractivity contribution in [2.75, 3.05) is 20.1 Å². The van der Waals surface area contributed by atoms with Gasteiger partial charge in [-0.25, -0.2) is 18.1 Å². The first kappa shape index (κ1) is 16.2. The Morgan fingerprint density at radius 2 is 2.04 bits per heavy atom. The number of likely N-dealkylation sites (N-methyl/N-ethyl adjacent to an activating group) is 1. The molecule has 8 heteroatoms. The predicted octanol–water partition coefficient (Wildman–Crippen LogP) is 1.01. The highest BCUT2D eigenvalue weighted by Crippen LogP contribution is 2.28. The molecule has 2 aromatic heterocycles. The Kier molecular flexibility index (Phi) is 4.07. The van der Waals surface area contributed by atoms with Crippen LogP contribution in [0.4, 0.5) is 0 Å². The van der Waals surface area contributed by atoms with Gasteiger partial charge in [0.15, 0.2) is 0 Å². The number of nitrogens with zero attached hydrogens (tertiary/aromatic N) is 3. The van der Waals surface area contributed by atoms with E-state index in [0.29, 0.717) is 18.1 Å². The molecule has 3 rings (SSSR count). The van der Waals surface area contributed by atoms with Crippen LogP contribution < -0.4 is 4.72 Å². The van der Waals surface area contributed by atoms with Gasteiger partial charge in [0.2, 0.25) is 10.0 Å². The fourth-order valence-electron chi connectivity index (χ4n) is 3.28. The fourth-order valence-corrected chi connectivity index (χ4v) is 4.79. The van der Waals surface area contributed by atoms with E-state index in [1.807, 2.05) is 18.7 Å². The lowest BCUT2D eigenvalue weighted by atomic mass is 10.0. The van der Waals surface area contributed by atoms with Gasteiger partial charge in [0, 0.05) is 44.0 Å². The fraction of sp³-hybridized carbons (Fsp3) is 0.533. The molecule has 0 saturated carbocycles. The average molecular weight is 338 g/mol. The highest BCUT2D eigenvalue weighted by atomic mass is 32.2. The summed E-state index contributed by atoms with van der Waals surface area (Å²) in [4.78, 5) is 6.49. The number of rotatable bonds is 4. The number of hydrogen-bond donors (Lipinski definition) is 1. The number of sulfonamides is 1. The van der Waals surface area contributed by atoms with Crippen LogP contribution in [0.15, 0.2) is 27.9 Å². The molecule has 23 heavy (non-hydrogen) atoms. The number of imidazole rings is 1. The summed E-state index contributed by atoms with van der Waals surface area (Å²) < 4.78 is 35.6. The molecule has 1 saturated heterocycles. The molecule has 1 aliphatic rings. The third kappa shape index (κ3) is 3.06. The van der Waals surface area contributed by atoms with Crippen molar-refractivity contribution in [2.45, 2.75) is 30.7 Å². The van der Waals surface area contributed by atoms with Crippen LogP contribution >= 0.6 is 0 Å². The maximum absolute atomic E-state index is 12.7. The summed E-state index contributed by atoms with van der Waals surface area (Å²) in [6.45, 7) is 4.86. The van der Waals surface area contributed by atoms with Crippen LogP contribution in [0.3, 0.4) is 0 Å². The van der Waals surface area contributed by atoms with Crippen molar-refractivity contribution in [3.05, 3.63) is 35.8 Å². The Balaban J connectivity index is 1.88. The number of aromatic nitrogens is 2. The van der Waals surface area contributed by atoms with Crippen molar-refractivity contribution in [3.63, 3.8) is 0 Å². The lowest BCUT2D eigenvalue weighted by Crippen LogP contribution is -2.40. The Hall–Kier alpha value is -1.64. The van der Waals surface area contributed by atoms with E-state index in [4.69, 9.17) is 4.42 Å². The molecule has 126 valence electrons. The number of likely N-dealkylation sites (tertiary alicyclic amines) is 1. The summed E-state index contributed by atoms with van der Waals surface area (Å²) in [6.07, 6.45) is 3.54. The normalized spacial score (nSPS) is 22.8. The van der Waals surface area contributed by atoms with Gasteiger partial charge in [0.1, 0.15) is 16.4 Å². The second-order valence-corrected chi connectivity index (χ2v) is 7.94. The van der Waals surface area contributed by atoms with Crippen LogP contribution in [-0.2, 0) is 17.1 Å². The molecule has 0 unspecified atom stereocenters. The van der Waals surface area contributed by atoms with Crippen LogP contribution in [0.5, 0.6) is 0 Å². The number of nitrogens with one attached hydrogen (secondary N) is 1. The van der Waals surface area contributed by atoms with Gasteiger partial charge < -0.3 is 13.9 Å². The molecule has 0 spiro atoms. The summed E-state index contributed by atoms with van der Waals surface area (Å²) in [7, 11) is 0.303. The van der Waals surface area contributed by atoms with Gasteiger partial charge in [0.25, 0.3) is 0 Å². The maximum atomic E-state index is 12.7. The van der Waals surface area contributed by atoms with Gasteiger partial charge in [-0.15, -0.1) is 0 Å². The van der Waals surface area contributed by atoms with Crippen molar-refractivity contribution >= 4 is 10.0 Å². The zero-order chi connectivity index (χ0) is 16.8. The molecule has 1 fully saturated rings. The topological polar surface area (TPSA) is 80.4 Å². The van der Waals surface area contributed by atoms with E-state index in [0.717, 1.165) is 12.2 Å². The molecular formula is C15H22N4O3S. The van der Waals surface area contributed by atoms with Gasteiger partial charge in [-0.2, -0.15) is 0 Å². The minimum atomic E-state index is -3.61. The summed E-state index contributed by atoms with van der Waals surface area (Å²) in [6, 6.07) is 1.37. The van der Waals surface area contributed by atoms with E-state index in [-0.39, 0.29) is 16.9 Å². The SMILES string of the molecule is Cc1cc(S(=O)(=O)N[C@@H]2CN(C)C[C@H]2c2cncn2C)c(C)o1.